The van der Waals surface area contributed by atoms with Crippen LogP contribution in [0.3, 0.4) is 0 Å². The fourth-order valence-corrected chi connectivity index (χ4v) is 2.56. The molecule has 0 spiro atoms. The number of morpholine rings is 1. The predicted octanol–water partition coefficient (Wildman–Crippen LogP) is -0.488. The van der Waals surface area contributed by atoms with E-state index in [1.165, 1.54) is 0 Å². The lowest BCUT2D eigenvalue weighted by molar-refractivity contribution is 0.0398. The molecule has 0 bridgehead atoms. The van der Waals surface area contributed by atoms with E-state index in [0.717, 1.165) is 50.4 Å². The second-order valence-corrected chi connectivity index (χ2v) is 5.43. The van der Waals surface area contributed by atoms with Crippen LogP contribution in [-0.4, -0.2) is 82.3 Å². The summed E-state index contributed by atoms with van der Waals surface area (Å²) in [5.41, 5.74) is 0.759. The standard InChI is InChI=1S/C14H23N7O2/c1-20-13-11(10-17-20)12(15-3-7-22)18-14(19-13)16-2-4-21-5-8-23-9-6-21/h10,22H,2-9H2,1H3,(H2,15,16,18,19). The minimum absolute atomic E-state index is 0.0472. The highest BCUT2D eigenvalue weighted by atomic mass is 16.5. The van der Waals surface area contributed by atoms with Crippen molar-refractivity contribution < 1.29 is 9.84 Å². The Morgan fingerprint density at radius 3 is 2.83 bits per heavy atom. The van der Waals surface area contributed by atoms with E-state index >= 15 is 0 Å². The Labute approximate surface area is 134 Å². The number of aliphatic hydroxyl groups is 1. The zero-order valence-corrected chi connectivity index (χ0v) is 13.3. The van der Waals surface area contributed by atoms with Crippen molar-refractivity contribution in [3.8, 4) is 0 Å². The summed E-state index contributed by atoms with van der Waals surface area (Å²) >= 11 is 0. The minimum atomic E-state index is 0.0472. The van der Waals surface area contributed by atoms with Gasteiger partial charge in [-0.2, -0.15) is 15.1 Å². The predicted molar refractivity (Wildman–Crippen MR) is 87.6 cm³/mol. The van der Waals surface area contributed by atoms with Gasteiger partial charge in [-0.25, -0.2) is 0 Å². The van der Waals surface area contributed by atoms with Gasteiger partial charge in [-0.3, -0.25) is 9.58 Å². The lowest BCUT2D eigenvalue weighted by atomic mass is 10.4. The number of anilines is 2. The number of aliphatic hydroxyl groups excluding tert-OH is 1. The fourth-order valence-electron chi connectivity index (χ4n) is 2.56. The molecule has 3 heterocycles. The van der Waals surface area contributed by atoms with Crippen molar-refractivity contribution >= 4 is 22.8 Å². The number of aromatic nitrogens is 4. The van der Waals surface area contributed by atoms with Crippen LogP contribution in [0.4, 0.5) is 11.8 Å². The topological polar surface area (TPSA) is 100 Å². The van der Waals surface area contributed by atoms with Crippen LogP contribution < -0.4 is 10.6 Å². The molecule has 0 atom stereocenters. The Balaban J connectivity index is 1.68. The van der Waals surface area contributed by atoms with E-state index in [0.29, 0.717) is 18.3 Å². The van der Waals surface area contributed by atoms with E-state index in [4.69, 9.17) is 9.84 Å². The van der Waals surface area contributed by atoms with Gasteiger partial charge in [0.25, 0.3) is 0 Å². The van der Waals surface area contributed by atoms with Gasteiger partial charge in [-0.15, -0.1) is 0 Å². The molecule has 3 rings (SSSR count). The summed E-state index contributed by atoms with van der Waals surface area (Å²) in [6, 6.07) is 0. The zero-order valence-electron chi connectivity index (χ0n) is 13.3. The van der Waals surface area contributed by atoms with Crippen molar-refractivity contribution in [1.82, 2.24) is 24.6 Å². The van der Waals surface area contributed by atoms with Crippen molar-refractivity contribution in [2.45, 2.75) is 0 Å². The van der Waals surface area contributed by atoms with E-state index in [2.05, 4.69) is 30.6 Å². The Hall–Kier alpha value is -1.97. The molecular formula is C14H23N7O2. The molecule has 9 heteroatoms. The lowest BCUT2D eigenvalue weighted by Crippen LogP contribution is -2.39. The highest BCUT2D eigenvalue weighted by Gasteiger charge is 2.12. The molecule has 0 radical (unpaired) electrons. The summed E-state index contributed by atoms with van der Waals surface area (Å²) in [6.45, 7) is 5.71. The summed E-state index contributed by atoms with van der Waals surface area (Å²) in [5.74, 6) is 1.25. The Kier molecular flexibility index (Phi) is 5.21. The summed E-state index contributed by atoms with van der Waals surface area (Å²) in [4.78, 5) is 11.4. The summed E-state index contributed by atoms with van der Waals surface area (Å²) < 4.78 is 7.06. The van der Waals surface area contributed by atoms with Crippen molar-refractivity contribution in [1.29, 1.82) is 0 Å². The van der Waals surface area contributed by atoms with Gasteiger partial charge >= 0.3 is 0 Å². The average molecular weight is 321 g/mol. The summed E-state index contributed by atoms with van der Waals surface area (Å²) in [6.07, 6.45) is 1.73. The van der Waals surface area contributed by atoms with Crippen LogP contribution in [0, 0.1) is 0 Å². The molecule has 2 aromatic heterocycles. The highest BCUT2D eigenvalue weighted by molar-refractivity contribution is 5.87. The molecule has 1 fully saturated rings. The molecule has 1 saturated heterocycles. The molecule has 2 aromatic rings. The van der Waals surface area contributed by atoms with Crippen LogP contribution in [0.15, 0.2) is 6.20 Å². The smallest absolute Gasteiger partial charge is 0.226 e. The molecule has 0 saturated carbocycles. The van der Waals surface area contributed by atoms with Crippen molar-refractivity contribution in [3.05, 3.63) is 6.20 Å². The first kappa shape index (κ1) is 15.9. The monoisotopic (exact) mass is 321 g/mol. The maximum Gasteiger partial charge on any atom is 0.226 e. The van der Waals surface area contributed by atoms with Crippen LogP contribution >= 0.6 is 0 Å². The van der Waals surface area contributed by atoms with E-state index in [1.807, 2.05) is 7.05 Å². The maximum absolute atomic E-state index is 9.00. The molecule has 3 N–H and O–H groups in total. The Morgan fingerprint density at radius 1 is 1.22 bits per heavy atom. The Morgan fingerprint density at radius 2 is 2.04 bits per heavy atom. The fraction of sp³-hybridized carbons (Fsp3) is 0.643. The third-order valence-electron chi connectivity index (χ3n) is 3.81. The minimum Gasteiger partial charge on any atom is -0.395 e. The molecule has 1 aliphatic heterocycles. The van der Waals surface area contributed by atoms with E-state index in [-0.39, 0.29) is 6.61 Å². The number of hydrogen-bond donors (Lipinski definition) is 3. The molecular weight excluding hydrogens is 298 g/mol. The van der Waals surface area contributed by atoms with Crippen LogP contribution in [0.1, 0.15) is 0 Å². The first-order valence-electron chi connectivity index (χ1n) is 7.86. The molecule has 0 unspecified atom stereocenters. The SMILES string of the molecule is Cn1ncc2c(NCCO)nc(NCCN3CCOCC3)nc21. The van der Waals surface area contributed by atoms with Gasteiger partial charge in [-0.05, 0) is 0 Å². The maximum atomic E-state index is 9.00. The number of fused-ring (bicyclic) bond motifs is 1. The second kappa shape index (κ2) is 7.53. The van der Waals surface area contributed by atoms with Crippen LogP contribution in [0.25, 0.3) is 11.0 Å². The molecule has 0 aliphatic carbocycles. The van der Waals surface area contributed by atoms with Gasteiger partial charge in [0.05, 0.1) is 31.4 Å². The first-order valence-corrected chi connectivity index (χ1v) is 7.86. The molecule has 0 aromatic carbocycles. The number of ether oxygens (including phenoxy) is 1. The zero-order chi connectivity index (χ0) is 16.1. The average Bonchev–Trinajstić information content (AvgIpc) is 2.95. The molecule has 1 aliphatic rings. The quantitative estimate of drug-likeness (QED) is 0.628. The van der Waals surface area contributed by atoms with Gasteiger partial charge < -0.3 is 20.5 Å². The summed E-state index contributed by atoms with van der Waals surface area (Å²) in [7, 11) is 1.85. The lowest BCUT2D eigenvalue weighted by Gasteiger charge is -2.26. The second-order valence-electron chi connectivity index (χ2n) is 5.43. The van der Waals surface area contributed by atoms with Crippen molar-refractivity contribution in [2.75, 3.05) is 63.2 Å². The van der Waals surface area contributed by atoms with Crippen molar-refractivity contribution in [2.24, 2.45) is 7.05 Å². The first-order chi connectivity index (χ1) is 11.3. The van der Waals surface area contributed by atoms with E-state index < -0.39 is 0 Å². The van der Waals surface area contributed by atoms with E-state index in [1.54, 1.807) is 10.9 Å². The van der Waals surface area contributed by atoms with Crippen LogP contribution in [0.2, 0.25) is 0 Å². The molecule has 126 valence electrons. The third kappa shape index (κ3) is 3.87. The summed E-state index contributed by atoms with van der Waals surface area (Å²) in [5, 5.41) is 20.4. The van der Waals surface area contributed by atoms with Gasteiger partial charge in [0.15, 0.2) is 5.65 Å². The van der Waals surface area contributed by atoms with E-state index in [9.17, 15) is 0 Å². The normalized spacial score (nSPS) is 15.9. The van der Waals surface area contributed by atoms with Crippen molar-refractivity contribution in [3.63, 3.8) is 0 Å². The molecule has 9 nitrogen and oxygen atoms in total. The number of hydrogen-bond acceptors (Lipinski definition) is 8. The number of rotatable bonds is 7. The number of nitrogens with one attached hydrogen (secondary N) is 2. The highest BCUT2D eigenvalue weighted by Crippen LogP contribution is 2.21. The largest absolute Gasteiger partial charge is 0.395 e. The molecule has 23 heavy (non-hydrogen) atoms. The number of nitrogens with zero attached hydrogens (tertiary/aromatic N) is 5. The van der Waals surface area contributed by atoms with Crippen LogP contribution in [-0.2, 0) is 11.8 Å². The van der Waals surface area contributed by atoms with Gasteiger partial charge in [-0.1, -0.05) is 0 Å². The van der Waals surface area contributed by atoms with Crippen LogP contribution in [0.5, 0.6) is 0 Å². The van der Waals surface area contributed by atoms with Gasteiger partial charge in [0.1, 0.15) is 5.82 Å². The van der Waals surface area contributed by atoms with Gasteiger partial charge in [0, 0.05) is 39.8 Å². The third-order valence-corrected chi connectivity index (χ3v) is 3.81. The molecule has 0 amide bonds. The Bertz CT molecular complexity index is 639. The number of aryl methyl sites for hydroxylation is 1. The van der Waals surface area contributed by atoms with Gasteiger partial charge in [0.2, 0.25) is 5.95 Å².